The number of hydrogen-bond donors (Lipinski definition) is 0. The molecule has 0 N–H and O–H groups in total. The molecule has 0 saturated carbocycles. The summed E-state index contributed by atoms with van der Waals surface area (Å²) in [5, 5.41) is 6.20. The molecule has 1 aromatic heterocycles. The summed E-state index contributed by atoms with van der Waals surface area (Å²) in [6.45, 7) is 0. The number of para-hydroxylation sites is 1. The third-order valence-electron chi connectivity index (χ3n) is 8.77. The van der Waals surface area contributed by atoms with Gasteiger partial charge in [-0.15, -0.1) is 0 Å². The first-order chi connectivity index (χ1) is 24.4. The monoisotopic (exact) mass is 577 g/mol. The SMILES string of the molecule is [2H]c1c([2H])c([2H])c(-c2ccccc2-c2c3ccccc3c(-c3ccc4oc5ccccc5c4c3-c3ccccc3)c3ccccc23)c([2H])c1[2H]. The van der Waals surface area contributed by atoms with Crippen LogP contribution in [0.2, 0.25) is 0 Å². The quantitative estimate of drug-likeness (QED) is 0.190. The number of hydrogen-bond acceptors (Lipinski definition) is 1. The minimum Gasteiger partial charge on any atom is -0.456 e. The predicted molar refractivity (Wildman–Crippen MR) is 190 cm³/mol. The van der Waals surface area contributed by atoms with Crippen LogP contribution in [-0.4, -0.2) is 0 Å². The van der Waals surface area contributed by atoms with Gasteiger partial charge in [-0.05, 0) is 78.7 Å². The lowest BCUT2D eigenvalue weighted by Gasteiger charge is -2.21. The number of rotatable bonds is 4. The maximum atomic E-state index is 8.84. The Morgan fingerprint density at radius 3 is 1.56 bits per heavy atom. The van der Waals surface area contributed by atoms with Crippen LogP contribution in [0.1, 0.15) is 6.85 Å². The van der Waals surface area contributed by atoms with Crippen LogP contribution in [0, 0.1) is 0 Å². The third kappa shape index (κ3) is 4.02. The molecule has 0 aliphatic carbocycles. The standard InChI is InChI=1S/C44H28O/c1-3-15-29(16-4-1)31-19-7-8-20-32(31)42-33-21-9-11-23-35(33)43(36-24-12-10-22-34(36)42)38-27-28-40-44(37-25-13-14-26-39(37)45-40)41(38)30-17-5-2-6-18-30/h1-28H/i1D,3D,4D,15D,16D. The zero-order valence-electron chi connectivity index (χ0n) is 29.2. The molecule has 0 fully saturated rings. The predicted octanol–water partition coefficient (Wildman–Crippen LogP) is 12.6. The smallest absolute Gasteiger partial charge is 0.136 e. The van der Waals surface area contributed by atoms with E-state index < -0.39 is 6.04 Å². The van der Waals surface area contributed by atoms with E-state index in [9.17, 15) is 0 Å². The molecule has 45 heavy (non-hydrogen) atoms. The number of fused-ring (bicyclic) bond motifs is 5. The van der Waals surface area contributed by atoms with Crippen molar-refractivity contribution in [1.82, 2.24) is 0 Å². The first-order valence-corrected chi connectivity index (χ1v) is 15.0. The van der Waals surface area contributed by atoms with E-state index in [0.29, 0.717) is 5.56 Å². The lowest BCUT2D eigenvalue weighted by Crippen LogP contribution is -1.94. The van der Waals surface area contributed by atoms with Gasteiger partial charge in [-0.3, -0.25) is 0 Å². The summed E-state index contributed by atoms with van der Waals surface area (Å²) < 4.78 is 49.1. The van der Waals surface area contributed by atoms with Crippen molar-refractivity contribution in [3.63, 3.8) is 0 Å². The van der Waals surface area contributed by atoms with E-state index in [2.05, 4.69) is 78.9 Å². The van der Waals surface area contributed by atoms with Gasteiger partial charge < -0.3 is 4.42 Å². The van der Waals surface area contributed by atoms with Crippen LogP contribution >= 0.6 is 0 Å². The highest BCUT2D eigenvalue weighted by Gasteiger charge is 2.23. The Hall–Kier alpha value is -5.92. The van der Waals surface area contributed by atoms with Gasteiger partial charge in [0.05, 0.1) is 6.85 Å². The van der Waals surface area contributed by atoms with Crippen LogP contribution in [0.4, 0.5) is 0 Å². The maximum Gasteiger partial charge on any atom is 0.136 e. The minimum atomic E-state index is -0.405. The topological polar surface area (TPSA) is 13.1 Å². The van der Waals surface area contributed by atoms with E-state index in [0.717, 1.165) is 76.9 Å². The van der Waals surface area contributed by atoms with Crippen LogP contribution in [0.25, 0.3) is 88.0 Å². The van der Waals surface area contributed by atoms with E-state index in [1.165, 1.54) is 0 Å². The van der Waals surface area contributed by atoms with E-state index in [1.807, 2.05) is 60.7 Å². The van der Waals surface area contributed by atoms with Crippen LogP contribution in [0.5, 0.6) is 0 Å². The van der Waals surface area contributed by atoms with Crippen LogP contribution < -0.4 is 0 Å². The van der Waals surface area contributed by atoms with E-state index in [1.54, 1.807) is 0 Å². The molecule has 0 unspecified atom stereocenters. The molecule has 1 nitrogen and oxygen atoms in total. The molecule has 0 bridgehead atoms. The summed E-state index contributed by atoms with van der Waals surface area (Å²) in [6, 6.07) is 45.7. The van der Waals surface area contributed by atoms with E-state index in [-0.39, 0.29) is 29.7 Å². The fourth-order valence-electron chi connectivity index (χ4n) is 6.94. The second-order valence-corrected chi connectivity index (χ2v) is 11.2. The molecule has 0 aliphatic rings. The summed E-state index contributed by atoms with van der Waals surface area (Å²) in [5.41, 5.74) is 8.52. The maximum absolute atomic E-state index is 8.84. The van der Waals surface area contributed by atoms with Gasteiger partial charge in [-0.25, -0.2) is 0 Å². The van der Waals surface area contributed by atoms with Gasteiger partial charge in [0.25, 0.3) is 0 Å². The summed E-state index contributed by atoms with van der Waals surface area (Å²) in [5.74, 6) is 0. The summed E-state index contributed by atoms with van der Waals surface area (Å²) in [4.78, 5) is 0. The van der Waals surface area contributed by atoms with Crippen molar-refractivity contribution in [1.29, 1.82) is 0 Å². The van der Waals surface area contributed by atoms with Gasteiger partial charge in [-0.2, -0.15) is 0 Å². The highest BCUT2D eigenvalue weighted by atomic mass is 16.3. The van der Waals surface area contributed by atoms with Gasteiger partial charge in [0, 0.05) is 16.3 Å². The Morgan fingerprint density at radius 1 is 0.356 bits per heavy atom. The van der Waals surface area contributed by atoms with Crippen molar-refractivity contribution >= 4 is 43.5 Å². The summed E-state index contributed by atoms with van der Waals surface area (Å²) >= 11 is 0. The highest BCUT2D eigenvalue weighted by Crippen LogP contribution is 2.50. The van der Waals surface area contributed by atoms with Crippen LogP contribution in [-0.2, 0) is 0 Å². The Labute approximate surface area is 268 Å². The zero-order valence-corrected chi connectivity index (χ0v) is 24.2. The van der Waals surface area contributed by atoms with Crippen molar-refractivity contribution in [2.24, 2.45) is 0 Å². The third-order valence-corrected chi connectivity index (χ3v) is 8.77. The second kappa shape index (κ2) is 10.4. The fraction of sp³-hybridized carbons (Fsp3) is 0. The molecule has 0 atom stereocenters. The van der Waals surface area contributed by atoms with Crippen LogP contribution in [0.3, 0.4) is 0 Å². The Balaban J connectivity index is 1.43. The number of furan rings is 1. The molecule has 0 spiro atoms. The Kier molecular flexibility index (Phi) is 4.81. The molecule has 0 radical (unpaired) electrons. The summed E-state index contributed by atoms with van der Waals surface area (Å²) in [7, 11) is 0. The molecule has 0 amide bonds. The van der Waals surface area contributed by atoms with Crippen molar-refractivity contribution in [3.8, 4) is 44.5 Å². The molecule has 0 saturated heterocycles. The largest absolute Gasteiger partial charge is 0.456 e. The van der Waals surface area contributed by atoms with Crippen molar-refractivity contribution in [3.05, 3.63) is 170 Å². The van der Waals surface area contributed by atoms with Crippen molar-refractivity contribution < 1.29 is 11.3 Å². The zero-order chi connectivity index (χ0) is 34.1. The molecule has 1 heterocycles. The first-order valence-electron chi connectivity index (χ1n) is 17.5. The average molecular weight is 578 g/mol. The summed E-state index contributed by atoms with van der Waals surface area (Å²) in [6.07, 6.45) is 0. The van der Waals surface area contributed by atoms with Gasteiger partial charge >= 0.3 is 0 Å². The average Bonchev–Trinajstić information content (AvgIpc) is 3.54. The highest BCUT2D eigenvalue weighted by molar-refractivity contribution is 6.25. The van der Waals surface area contributed by atoms with Gasteiger partial charge in [0.2, 0.25) is 0 Å². The van der Waals surface area contributed by atoms with Crippen molar-refractivity contribution in [2.45, 2.75) is 0 Å². The molecular weight excluding hydrogens is 544 g/mol. The molecule has 1 heteroatoms. The minimum absolute atomic E-state index is 0.187. The Morgan fingerprint density at radius 2 is 0.889 bits per heavy atom. The second-order valence-electron chi connectivity index (χ2n) is 11.2. The molecule has 9 aromatic rings. The molecule has 0 aliphatic heterocycles. The fourth-order valence-corrected chi connectivity index (χ4v) is 6.94. The molecular formula is C44H28O. The van der Waals surface area contributed by atoms with E-state index >= 15 is 0 Å². The van der Waals surface area contributed by atoms with E-state index in [4.69, 9.17) is 11.3 Å². The number of benzene rings is 8. The molecule has 210 valence electrons. The first kappa shape index (κ1) is 20.9. The molecule has 8 aromatic carbocycles. The van der Waals surface area contributed by atoms with Gasteiger partial charge in [-0.1, -0.05) is 152 Å². The van der Waals surface area contributed by atoms with Gasteiger partial charge in [0.1, 0.15) is 11.2 Å². The lowest BCUT2D eigenvalue weighted by molar-refractivity contribution is 0.669. The van der Waals surface area contributed by atoms with Gasteiger partial charge in [0.15, 0.2) is 0 Å². The van der Waals surface area contributed by atoms with Crippen LogP contribution in [0.15, 0.2) is 174 Å². The normalized spacial score (nSPS) is 13.1. The van der Waals surface area contributed by atoms with Crippen molar-refractivity contribution in [2.75, 3.05) is 0 Å². The lowest BCUT2D eigenvalue weighted by atomic mass is 9.81. The molecule has 9 rings (SSSR count). The Bertz CT molecular complexity index is 2730.